The molecular weight excluding hydrogens is 308 g/mol. The summed E-state index contributed by atoms with van der Waals surface area (Å²) in [5.41, 5.74) is 2.41. The fourth-order valence-corrected chi connectivity index (χ4v) is 2.42. The predicted molar refractivity (Wildman–Crippen MR) is 87.3 cm³/mol. The van der Waals surface area contributed by atoms with Crippen LogP contribution in [0.2, 0.25) is 0 Å². The molecular formula is C14H15ClN4OS. The van der Waals surface area contributed by atoms with Crippen molar-refractivity contribution >= 4 is 35.3 Å². The molecule has 0 bridgehead atoms. The number of rotatable bonds is 4. The Hall–Kier alpha value is -1.79. The summed E-state index contributed by atoms with van der Waals surface area (Å²) in [7, 11) is 0. The van der Waals surface area contributed by atoms with Crippen LogP contribution in [0, 0.1) is 0 Å². The van der Waals surface area contributed by atoms with Gasteiger partial charge in [-0.25, -0.2) is 15.0 Å². The van der Waals surface area contributed by atoms with Crippen molar-refractivity contribution in [2.24, 2.45) is 0 Å². The van der Waals surface area contributed by atoms with E-state index >= 15 is 0 Å². The minimum Gasteiger partial charge on any atom is -0.493 e. The fourth-order valence-electron chi connectivity index (χ4n) is 1.99. The van der Waals surface area contributed by atoms with Crippen molar-refractivity contribution < 1.29 is 4.74 Å². The van der Waals surface area contributed by atoms with Crippen molar-refractivity contribution in [1.82, 2.24) is 19.9 Å². The van der Waals surface area contributed by atoms with E-state index in [9.17, 15) is 0 Å². The van der Waals surface area contributed by atoms with Crippen molar-refractivity contribution in [1.29, 1.82) is 0 Å². The number of ether oxygens (including phenoxy) is 1. The zero-order chi connectivity index (χ0) is 13.9. The van der Waals surface area contributed by atoms with Crippen LogP contribution in [0.15, 0.2) is 35.6 Å². The van der Waals surface area contributed by atoms with E-state index in [0.717, 1.165) is 27.5 Å². The predicted octanol–water partition coefficient (Wildman–Crippen LogP) is 3.56. The highest BCUT2D eigenvalue weighted by Crippen LogP contribution is 2.32. The summed E-state index contributed by atoms with van der Waals surface area (Å²) in [6, 6.07) is 6.10. The average Bonchev–Trinajstić information content (AvgIpc) is 2.91. The average molecular weight is 323 g/mol. The Labute approximate surface area is 133 Å². The van der Waals surface area contributed by atoms with E-state index in [1.807, 2.05) is 25.3 Å². The molecule has 0 aliphatic carbocycles. The van der Waals surface area contributed by atoms with Gasteiger partial charge in [-0.2, -0.15) is 0 Å². The third kappa shape index (κ3) is 3.11. The Balaban J connectivity index is 0.00000161. The van der Waals surface area contributed by atoms with Gasteiger partial charge in [0.1, 0.15) is 23.4 Å². The van der Waals surface area contributed by atoms with Crippen LogP contribution in [-0.2, 0) is 0 Å². The summed E-state index contributed by atoms with van der Waals surface area (Å²) in [5.74, 6) is 1.57. The van der Waals surface area contributed by atoms with Gasteiger partial charge >= 0.3 is 0 Å². The van der Waals surface area contributed by atoms with E-state index in [1.165, 1.54) is 6.33 Å². The number of thioether (sulfide) groups is 1. The van der Waals surface area contributed by atoms with Gasteiger partial charge in [0.15, 0.2) is 5.65 Å². The molecule has 0 aliphatic heterocycles. The Bertz CT molecular complexity index is 714. The van der Waals surface area contributed by atoms with Crippen LogP contribution in [0.3, 0.4) is 0 Å². The Kier molecular flexibility index (Phi) is 5.03. The van der Waals surface area contributed by atoms with Gasteiger partial charge in [0.05, 0.1) is 18.4 Å². The molecule has 0 radical (unpaired) electrons. The maximum absolute atomic E-state index is 5.72. The van der Waals surface area contributed by atoms with E-state index in [-0.39, 0.29) is 12.4 Å². The van der Waals surface area contributed by atoms with Gasteiger partial charge in [-0.3, -0.25) is 0 Å². The summed E-state index contributed by atoms with van der Waals surface area (Å²) in [5, 5.41) is 0. The summed E-state index contributed by atoms with van der Waals surface area (Å²) in [4.78, 5) is 17.0. The second kappa shape index (κ2) is 6.78. The zero-order valence-corrected chi connectivity index (χ0v) is 13.3. The van der Waals surface area contributed by atoms with Crippen LogP contribution in [0.4, 0.5) is 0 Å². The third-order valence-corrected chi connectivity index (χ3v) is 3.63. The first-order valence-corrected chi connectivity index (χ1v) is 7.51. The lowest BCUT2D eigenvalue weighted by molar-refractivity contribution is 0.340. The van der Waals surface area contributed by atoms with E-state index < -0.39 is 0 Å². The molecule has 110 valence electrons. The number of fused-ring (bicyclic) bond motifs is 1. The van der Waals surface area contributed by atoms with E-state index in [2.05, 4.69) is 26.0 Å². The van der Waals surface area contributed by atoms with E-state index in [0.29, 0.717) is 12.3 Å². The van der Waals surface area contributed by atoms with Gasteiger partial charge < -0.3 is 9.72 Å². The summed E-state index contributed by atoms with van der Waals surface area (Å²) >= 11 is 1.68. The van der Waals surface area contributed by atoms with Crippen LogP contribution in [-0.4, -0.2) is 32.8 Å². The summed E-state index contributed by atoms with van der Waals surface area (Å²) in [6.07, 6.45) is 5.25. The quantitative estimate of drug-likeness (QED) is 0.744. The molecule has 0 unspecified atom stereocenters. The Morgan fingerprint density at radius 1 is 1.33 bits per heavy atom. The Morgan fingerprint density at radius 2 is 2.19 bits per heavy atom. The van der Waals surface area contributed by atoms with Gasteiger partial charge in [0.25, 0.3) is 0 Å². The number of nitrogens with zero attached hydrogens (tertiary/aromatic N) is 3. The largest absolute Gasteiger partial charge is 0.493 e. The number of benzene rings is 1. The van der Waals surface area contributed by atoms with Gasteiger partial charge in [-0.05, 0) is 31.4 Å². The maximum Gasteiger partial charge on any atom is 0.181 e. The van der Waals surface area contributed by atoms with Crippen LogP contribution in [0.1, 0.15) is 6.92 Å². The maximum atomic E-state index is 5.72. The normalized spacial score (nSPS) is 10.4. The smallest absolute Gasteiger partial charge is 0.181 e. The number of halogens is 1. The first-order chi connectivity index (χ1) is 9.81. The summed E-state index contributed by atoms with van der Waals surface area (Å²) < 4.78 is 5.72. The zero-order valence-electron chi connectivity index (χ0n) is 11.7. The molecule has 0 spiro atoms. The standard InChI is InChI=1S/C14H14N4OS.ClH/c1-3-19-12-6-9(20-2)4-5-10(12)13-17-11-7-15-8-16-14(11)18-13;/h4-8H,3H2,1-2H3,(H,15,16,17,18);1H. The molecule has 0 saturated heterocycles. The number of aromatic nitrogens is 4. The van der Waals surface area contributed by atoms with E-state index in [4.69, 9.17) is 4.74 Å². The molecule has 1 N–H and O–H groups in total. The fraction of sp³-hybridized carbons (Fsp3) is 0.214. The topological polar surface area (TPSA) is 63.7 Å². The molecule has 3 aromatic rings. The lowest BCUT2D eigenvalue weighted by atomic mass is 10.2. The second-order valence-electron chi connectivity index (χ2n) is 4.14. The molecule has 21 heavy (non-hydrogen) atoms. The highest BCUT2D eigenvalue weighted by atomic mass is 35.5. The third-order valence-electron chi connectivity index (χ3n) is 2.91. The monoisotopic (exact) mass is 322 g/mol. The van der Waals surface area contributed by atoms with Crippen molar-refractivity contribution in [2.45, 2.75) is 11.8 Å². The minimum atomic E-state index is 0. The van der Waals surface area contributed by atoms with Crippen LogP contribution >= 0.6 is 24.2 Å². The SMILES string of the molecule is CCOc1cc(SC)ccc1-c1nc2ncncc2[nH]1.Cl. The van der Waals surface area contributed by atoms with Gasteiger partial charge in [-0.1, -0.05) is 0 Å². The number of imidazole rings is 1. The number of hydrogen-bond donors (Lipinski definition) is 1. The molecule has 0 atom stereocenters. The first kappa shape index (κ1) is 15.6. The lowest BCUT2D eigenvalue weighted by Gasteiger charge is -2.09. The molecule has 2 aromatic heterocycles. The first-order valence-electron chi connectivity index (χ1n) is 6.28. The molecule has 0 fully saturated rings. The second-order valence-corrected chi connectivity index (χ2v) is 5.02. The highest BCUT2D eigenvalue weighted by Gasteiger charge is 2.12. The highest BCUT2D eigenvalue weighted by molar-refractivity contribution is 7.98. The Morgan fingerprint density at radius 3 is 2.90 bits per heavy atom. The van der Waals surface area contributed by atoms with Crippen molar-refractivity contribution in [3.63, 3.8) is 0 Å². The molecule has 1 aromatic carbocycles. The molecule has 0 amide bonds. The number of aromatic amines is 1. The molecule has 7 heteroatoms. The van der Waals surface area contributed by atoms with Crippen LogP contribution in [0.25, 0.3) is 22.6 Å². The molecule has 0 saturated carbocycles. The molecule has 5 nitrogen and oxygen atoms in total. The number of hydrogen-bond acceptors (Lipinski definition) is 5. The van der Waals surface area contributed by atoms with Crippen LogP contribution < -0.4 is 4.74 Å². The van der Waals surface area contributed by atoms with Crippen molar-refractivity contribution in [3.05, 3.63) is 30.7 Å². The minimum absolute atomic E-state index is 0. The van der Waals surface area contributed by atoms with Crippen LogP contribution in [0.5, 0.6) is 5.75 Å². The molecule has 2 heterocycles. The molecule has 0 aliphatic rings. The van der Waals surface area contributed by atoms with Crippen molar-refractivity contribution in [3.8, 4) is 17.1 Å². The van der Waals surface area contributed by atoms with E-state index in [1.54, 1.807) is 18.0 Å². The van der Waals surface area contributed by atoms with Gasteiger partial charge in [0, 0.05) is 4.90 Å². The molecule has 3 rings (SSSR count). The summed E-state index contributed by atoms with van der Waals surface area (Å²) in [6.45, 7) is 2.59. The number of H-pyrrole nitrogens is 1. The van der Waals surface area contributed by atoms with Gasteiger partial charge in [0.2, 0.25) is 0 Å². The number of nitrogens with one attached hydrogen (secondary N) is 1. The lowest BCUT2D eigenvalue weighted by Crippen LogP contribution is -1.95. The van der Waals surface area contributed by atoms with Gasteiger partial charge in [-0.15, -0.1) is 24.2 Å². The van der Waals surface area contributed by atoms with Crippen molar-refractivity contribution in [2.75, 3.05) is 12.9 Å².